The van der Waals surface area contributed by atoms with Gasteiger partial charge in [-0.25, -0.2) is 0 Å². The lowest BCUT2D eigenvalue weighted by Crippen LogP contribution is -1.92. The van der Waals surface area contributed by atoms with Crippen molar-refractivity contribution in [3.63, 3.8) is 0 Å². The van der Waals surface area contributed by atoms with E-state index < -0.39 is 0 Å². The molecule has 0 aromatic heterocycles. The molecule has 1 nitrogen and oxygen atoms in total. The van der Waals surface area contributed by atoms with E-state index in [1.54, 1.807) is 0 Å². The highest BCUT2D eigenvalue weighted by molar-refractivity contribution is 8.14. The summed E-state index contributed by atoms with van der Waals surface area (Å²) in [6.45, 7) is 5.69. The van der Waals surface area contributed by atoms with E-state index in [4.69, 9.17) is 0 Å². The van der Waals surface area contributed by atoms with Gasteiger partial charge in [0.1, 0.15) is 0 Å². The van der Waals surface area contributed by atoms with Gasteiger partial charge >= 0.3 is 0 Å². The highest BCUT2D eigenvalue weighted by Crippen LogP contribution is 2.08. The van der Waals surface area contributed by atoms with Crippen LogP contribution < -0.4 is 0 Å². The summed E-state index contributed by atoms with van der Waals surface area (Å²) in [6, 6.07) is 0. The van der Waals surface area contributed by atoms with E-state index in [2.05, 4.69) is 0 Å². The van der Waals surface area contributed by atoms with Gasteiger partial charge in [0.15, 0.2) is 0 Å². The lowest BCUT2D eigenvalue weighted by molar-refractivity contribution is -0.107. The molecule has 2 heteroatoms. The highest BCUT2D eigenvalue weighted by Gasteiger charge is 1.99. The second-order valence-electron chi connectivity index (χ2n) is 1.69. The van der Waals surface area contributed by atoms with Crippen LogP contribution in [0.25, 0.3) is 0 Å². The Hall–Kier alpha value is -0.240. The van der Waals surface area contributed by atoms with E-state index in [-0.39, 0.29) is 5.12 Å². The molecule has 0 rings (SSSR count). The Labute approximate surface area is 60.5 Å². The van der Waals surface area contributed by atoms with Crippen LogP contribution >= 0.6 is 11.8 Å². The zero-order valence-corrected chi connectivity index (χ0v) is 6.92. The maximum atomic E-state index is 10.9. The average Bonchev–Trinajstić information content (AvgIpc) is 1.87. The number of allylic oxidation sites excluding steroid dienone is 1. The van der Waals surface area contributed by atoms with Gasteiger partial charge < -0.3 is 0 Å². The molecule has 0 aliphatic carbocycles. The van der Waals surface area contributed by atoms with Crippen LogP contribution in [-0.4, -0.2) is 10.9 Å². The van der Waals surface area contributed by atoms with Gasteiger partial charge in [-0.05, 0) is 25.2 Å². The maximum absolute atomic E-state index is 10.9. The number of hydrogen-bond acceptors (Lipinski definition) is 2. The summed E-state index contributed by atoms with van der Waals surface area (Å²) < 4.78 is 0. The monoisotopic (exact) mass is 144 g/mol. The normalized spacial score (nSPS) is 11.7. The van der Waals surface area contributed by atoms with E-state index in [1.165, 1.54) is 11.8 Å². The van der Waals surface area contributed by atoms with Crippen LogP contribution in [0.1, 0.15) is 20.8 Å². The molecule has 0 aromatic carbocycles. The molecule has 9 heavy (non-hydrogen) atoms. The number of thioether (sulfide) groups is 1. The van der Waals surface area contributed by atoms with Gasteiger partial charge in [0.2, 0.25) is 5.12 Å². The van der Waals surface area contributed by atoms with Crippen LogP contribution in [0.3, 0.4) is 0 Å². The molecule has 0 heterocycles. The number of hydrogen-bond donors (Lipinski definition) is 0. The third-order valence-electron chi connectivity index (χ3n) is 1.03. The van der Waals surface area contributed by atoms with Crippen LogP contribution in [0.5, 0.6) is 0 Å². The summed E-state index contributed by atoms with van der Waals surface area (Å²) in [4.78, 5) is 10.9. The maximum Gasteiger partial charge on any atom is 0.214 e. The molecule has 0 radical (unpaired) electrons. The Morgan fingerprint density at radius 3 is 2.56 bits per heavy atom. The molecule has 0 unspecified atom stereocenters. The van der Waals surface area contributed by atoms with E-state index in [0.29, 0.717) is 0 Å². The molecular weight excluding hydrogens is 132 g/mol. The molecule has 0 atom stereocenters. The third-order valence-corrected chi connectivity index (χ3v) is 1.90. The van der Waals surface area contributed by atoms with Gasteiger partial charge in [0.05, 0.1) is 0 Å². The number of carbonyl (C=O) groups excluding carboxylic acids is 1. The van der Waals surface area contributed by atoms with Crippen molar-refractivity contribution in [2.75, 3.05) is 5.75 Å². The first kappa shape index (κ1) is 8.76. The minimum atomic E-state index is 0.194. The molecule has 0 aromatic rings. The lowest BCUT2D eigenvalue weighted by Gasteiger charge is -1.93. The summed E-state index contributed by atoms with van der Waals surface area (Å²) in [5.74, 6) is 0.865. The third kappa shape index (κ3) is 3.36. The second kappa shape index (κ2) is 4.62. The van der Waals surface area contributed by atoms with Crippen LogP contribution in [0.4, 0.5) is 0 Å². The van der Waals surface area contributed by atoms with Crippen molar-refractivity contribution in [3.8, 4) is 0 Å². The predicted octanol–water partition coefficient (Wildman–Crippen LogP) is 2.23. The molecule has 0 spiro atoms. The highest BCUT2D eigenvalue weighted by atomic mass is 32.2. The summed E-state index contributed by atoms with van der Waals surface area (Å²) in [7, 11) is 0. The van der Waals surface area contributed by atoms with Crippen molar-refractivity contribution in [2.24, 2.45) is 0 Å². The number of rotatable bonds is 2. The molecule has 0 saturated heterocycles. The average molecular weight is 144 g/mol. The van der Waals surface area contributed by atoms with E-state index in [9.17, 15) is 4.79 Å². The number of carbonyl (C=O) groups is 1. The molecule has 0 bridgehead atoms. The van der Waals surface area contributed by atoms with Crippen molar-refractivity contribution in [3.05, 3.63) is 11.6 Å². The summed E-state index contributed by atoms with van der Waals surface area (Å²) in [6.07, 6.45) is 1.84. The van der Waals surface area contributed by atoms with Crippen LogP contribution in [0.2, 0.25) is 0 Å². The van der Waals surface area contributed by atoms with Gasteiger partial charge in [-0.15, -0.1) is 0 Å². The molecule has 0 amide bonds. The molecule has 0 aliphatic rings. The first-order valence-corrected chi connectivity index (χ1v) is 4.01. The van der Waals surface area contributed by atoms with Gasteiger partial charge in [-0.3, -0.25) is 4.79 Å². The molecule has 52 valence electrons. The van der Waals surface area contributed by atoms with Crippen molar-refractivity contribution in [2.45, 2.75) is 20.8 Å². The van der Waals surface area contributed by atoms with Crippen molar-refractivity contribution < 1.29 is 4.79 Å². The Kier molecular flexibility index (Phi) is 4.50. The second-order valence-corrected chi connectivity index (χ2v) is 2.93. The van der Waals surface area contributed by atoms with Crippen molar-refractivity contribution >= 4 is 16.9 Å². The van der Waals surface area contributed by atoms with Crippen LogP contribution in [0, 0.1) is 0 Å². The van der Waals surface area contributed by atoms with E-state index >= 15 is 0 Å². The molecular formula is C7H12OS. The summed E-state index contributed by atoms with van der Waals surface area (Å²) in [5.41, 5.74) is 0.849. The van der Waals surface area contributed by atoms with Gasteiger partial charge in [0, 0.05) is 0 Å². The van der Waals surface area contributed by atoms with Gasteiger partial charge in [-0.2, -0.15) is 0 Å². The van der Waals surface area contributed by atoms with Crippen LogP contribution in [0.15, 0.2) is 11.6 Å². The molecule has 0 N–H and O–H groups in total. The smallest absolute Gasteiger partial charge is 0.214 e. The summed E-state index contributed by atoms with van der Waals surface area (Å²) >= 11 is 1.36. The SMILES string of the molecule is C/C=C(\C)C(=O)SCC. The standard InChI is InChI=1S/C7H12OS/c1-4-6(3)7(8)9-5-2/h4H,5H2,1-3H3/b6-4+. The van der Waals surface area contributed by atoms with Crippen molar-refractivity contribution in [1.82, 2.24) is 0 Å². The minimum absolute atomic E-state index is 0.194. The van der Waals surface area contributed by atoms with Gasteiger partial charge in [-0.1, -0.05) is 24.8 Å². The topological polar surface area (TPSA) is 17.1 Å². The largest absolute Gasteiger partial charge is 0.282 e. The fourth-order valence-electron chi connectivity index (χ4n) is 0.363. The Morgan fingerprint density at radius 2 is 2.22 bits per heavy atom. The molecule has 0 fully saturated rings. The van der Waals surface area contributed by atoms with Gasteiger partial charge in [0.25, 0.3) is 0 Å². The Bertz CT molecular complexity index is 127. The molecule has 0 saturated carbocycles. The molecule has 0 aliphatic heterocycles. The quantitative estimate of drug-likeness (QED) is 0.553. The zero-order chi connectivity index (χ0) is 7.28. The fraction of sp³-hybridized carbons (Fsp3) is 0.571. The predicted molar refractivity (Wildman–Crippen MR) is 42.6 cm³/mol. The minimum Gasteiger partial charge on any atom is -0.282 e. The summed E-state index contributed by atoms with van der Waals surface area (Å²) in [5, 5.41) is 0.194. The van der Waals surface area contributed by atoms with E-state index in [0.717, 1.165) is 11.3 Å². The lowest BCUT2D eigenvalue weighted by atomic mass is 10.3. The Balaban J connectivity index is 3.74. The van der Waals surface area contributed by atoms with Crippen LogP contribution in [-0.2, 0) is 4.79 Å². The zero-order valence-electron chi connectivity index (χ0n) is 6.10. The van der Waals surface area contributed by atoms with Crippen molar-refractivity contribution in [1.29, 1.82) is 0 Å². The first-order chi connectivity index (χ1) is 4.22. The fourth-order valence-corrected chi connectivity index (χ4v) is 0.970. The Morgan fingerprint density at radius 1 is 1.67 bits per heavy atom. The first-order valence-electron chi connectivity index (χ1n) is 3.02. The van der Waals surface area contributed by atoms with E-state index in [1.807, 2.05) is 26.8 Å².